The molecule has 2 rings (SSSR count). The smallest absolute Gasteiger partial charge is 0.171 e. The summed E-state index contributed by atoms with van der Waals surface area (Å²) in [5, 5.41) is 3.23. The molecule has 0 spiro atoms. The first-order valence-electron chi connectivity index (χ1n) is 6.31. The number of methoxy groups -OCH3 is 2. The van der Waals surface area contributed by atoms with Gasteiger partial charge in [-0.1, -0.05) is 13.0 Å². The second-order valence-corrected chi connectivity index (χ2v) is 4.09. The van der Waals surface area contributed by atoms with Crippen molar-refractivity contribution in [2.45, 2.75) is 13.5 Å². The maximum absolute atomic E-state index is 5.82. The normalized spacial score (nSPS) is 10.5. The van der Waals surface area contributed by atoms with E-state index in [-0.39, 0.29) is 0 Å². The van der Waals surface area contributed by atoms with E-state index in [0.717, 1.165) is 30.2 Å². The molecule has 0 fully saturated rings. The first-order chi connectivity index (χ1) is 9.30. The SMILES string of the molecule is CCNCc1ccc(-c2cccc(OC)c2OC)o1. The Bertz CT molecular complexity index is 534. The zero-order valence-electron chi connectivity index (χ0n) is 11.5. The van der Waals surface area contributed by atoms with Crippen molar-refractivity contribution in [1.82, 2.24) is 5.32 Å². The number of para-hydroxylation sites is 1. The van der Waals surface area contributed by atoms with Crippen LogP contribution in [0.5, 0.6) is 11.5 Å². The molecule has 4 nitrogen and oxygen atoms in total. The Morgan fingerprint density at radius 1 is 1.11 bits per heavy atom. The van der Waals surface area contributed by atoms with Gasteiger partial charge in [0.05, 0.1) is 26.3 Å². The van der Waals surface area contributed by atoms with Crippen LogP contribution in [0.2, 0.25) is 0 Å². The number of hydrogen-bond acceptors (Lipinski definition) is 4. The van der Waals surface area contributed by atoms with Crippen molar-refractivity contribution in [3.05, 3.63) is 36.1 Å². The lowest BCUT2D eigenvalue weighted by Crippen LogP contribution is -2.10. The number of hydrogen-bond donors (Lipinski definition) is 1. The zero-order valence-corrected chi connectivity index (χ0v) is 11.5. The molecule has 0 aliphatic heterocycles. The van der Waals surface area contributed by atoms with Crippen molar-refractivity contribution < 1.29 is 13.9 Å². The Morgan fingerprint density at radius 3 is 2.63 bits per heavy atom. The first kappa shape index (κ1) is 13.5. The molecule has 4 heteroatoms. The van der Waals surface area contributed by atoms with Crippen LogP contribution in [0.4, 0.5) is 0 Å². The van der Waals surface area contributed by atoms with Crippen LogP contribution < -0.4 is 14.8 Å². The summed E-state index contributed by atoms with van der Waals surface area (Å²) in [6.07, 6.45) is 0. The van der Waals surface area contributed by atoms with Gasteiger partial charge in [0, 0.05) is 0 Å². The molecule has 0 atom stereocenters. The summed E-state index contributed by atoms with van der Waals surface area (Å²) in [5.41, 5.74) is 0.893. The van der Waals surface area contributed by atoms with Gasteiger partial charge < -0.3 is 19.2 Å². The van der Waals surface area contributed by atoms with E-state index in [1.807, 2.05) is 30.3 Å². The summed E-state index contributed by atoms with van der Waals surface area (Å²) in [6, 6.07) is 9.66. The minimum Gasteiger partial charge on any atom is -0.493 e. The van der Waals surface area contributed by atoms with Gasteiger partial charge in [-0.2, -0.15) is 0 Å². The zero-order chi connectivity index (χ0) is 13.7. The number of rotatable bonds is 6. The van der Waals surface area contributed by atoms with Gasteiger partial charge in [0.2, 0.25) is 0 Å². The maximum Gasteiger partial charge on any atom is 0.171 e. The molecule has 1 aromatic carbocycles. The lowest BCUT2D eigenvalue weighted by atomic mass is 10.1. The molecule has 1 aromatic heterocycles. The average Bonchev–Trinajstić information content (AvgIpc) is 2.92. The third-order valence-electron chi connectivity index (χ3n) is 2.88. The molecule has 0 aliphatic rings. The van der Waals surface area contributed by atoms with Gasteiger partial charge in [-0.3, -0.25) is 0 Å². The largest absolute Gasteiger partial charge is 0.493 e. The summed E-state index contributed by atoms with van der Waals surface area (Å²) in [7, 11) is 3.25. The van der Waals surface area contributed by atoms with Crippen LogP contribution in [0.15, 0.2) is 34.7 Å². The third kappa shape index (κ3) is 2.90. The number of nitrogens with one attached hydrogen (secondary N) is 1. The van der Waals surface area contributed by atoms with Crippen molar-refractivity contribution in [3.8, 4) is 22.8 Å². The molecule has 1 heterocycles. The molecule has 0 saturated carbocycles. The van der Waals surface area contributed by atoms with Gasteiger partial charge in [0.1, 0.15) is 11.5 Å². The molecule has 0 amide bonds. The van der Waals surface area contributed by atoms with Crippen LogP contribution in [0.1, 0.15) is 12.7 Å². The minimum atomic E-state index is 0.689. The predicted octanol–water partition coefficient (Wildman–Crippen LogP) is 3.07. The molecule has 0 bridgehead atoms. The van der Waals surface area contributed by atoms with Crippen LogP contribution in [0.3, 0.4) is 0 Å². The molecular formula is C15H19NO3. The molecule has 102 valence electrons. The quantitative estimate of drug-likeness (QED) is 0.868. The molecule has 19 heavy (non-hydrogen) atoms. The number of furan rings is 1. The Balaban J connectivity index is 2.33. The highest BCUT2D eigenvalue weighted by Gasteiger charge is 2.14. The summed E-state index contributed by atoms with van der Waals surface area (Å²) in [4.78, 5) is 0. The first-order valence-corrected chi connectivity index (χ1v) is 6.31. The van der Waals surface area contributed by atoms with Crippen molar-refractivity contribution in [2.75, 3.05) is 20.8 Å². The van der Waals surface area contributed by atoms with Crippen LogP contribution in [0.25, 0.3) is 11.3 Å². The van der Waals surface area contributed by atoms with E-state index >= 15 is 0 Å². The summed E-state index contributed by atoms with van der Waals surface area (Å²) >= 11 is 0. The van der Waals surface area contributed by atoms with E-state index in [1.165, 1.54) is 0 Å². The number of ether oxygens (including phenoxy) is 2. The molecule has 0 saturated heterocycles. The van der Waals surface area contributed by atoms with Gasteiger partial charge in [-0.15, -0.1) is 0 Å². The summed E-state index contributed by atoms with van der Waals surface area (Å²) < 4.78 is 16.5. The van der Waals surface area contributed by atoms with Gasteiger partial charge in [-0.05, 0) is 30.8 Å². The van der Waals surface area contributed by atoms with E-state index in [4.69, 9.17) is 13.9 Å². The van der Waals surface area contributed by atoms with Crippen molar-refractivity contribution in [2.24, 2.45) is 0 Å². The maximum atomic E-state index is 5.82. The standard InChI is InChI=1S/C15H19NO3/c1-4-16-10-11-8-9-13(19-11)12-6-5-7-14(17-2)15(12)18-3/h5-9,16H,4,10H2,1-3H3. The topological polar surface area (TPSA) is 43.6 Å². The highest BCUT2D eigenvalue weighted by atomic mass is 16.5. The van der Waals surface area contributed by atoms with Crippen molar-refractivity contribution in [1.29, 1.82) is 0 Å². The van der Waals surface area contributed by atoms with E-state index in [1.54, 1.807) is 14.2 Å². The second kappa shape index (κ2) is 6.29. The third-order valence-corrected chi connectivity index (χ3v) is 2.88. The highest BCUT2D eigenvalue weighted by Crippen LogP contribution is 2.38. The Hall–Kier alpha value is -1.94. The Kier molecular flexibility index (Phi) is 4.47. The highest BCUT2D eigenvalue weighted by molar-refractivity contribution is 5.70. The fraction of sp³-hybridized carbons (Fsp3) is 0.333. The van der Waals surface area contributed by atoms with E-state index in [9.17, 15) is 0 Å². The van der Waals surface area contributed by atoms with E-state index < -0.39 is 0 Å². The number of benzene rings is 1. The van der Waals surface area contributed by atoms with Crippen molar-refractivity contribution >= 4 is 0 Å². The molecule has 0 aliphatic carbocycles. The minimum absolute atomic E-state index is 0.689. The Labute approximate surface area is 113 Å². The van der Waals surface area contributed by atoms with Gasteiger partial charge in [0.25, 0.3) is 0 Å². The molecule has 0 unspecified atom stereocenters. The van der Waals surface area contributed by atoms with E-state index in [2.05, 4.69) is 12.2 Å². The van der Waals surface area contributed by atoms with Gasteiger partial charge >= 0.3 is 0 Å². The van der Waals surface area contributed by atoms with Crippen LogP contribution in [-0.2, 0) is 6.54 Å². The van der Waals surface area contributed by atoms with Crippen LogP contribution >= 0.6 is 0 Å². The monoisotopic (exact) mass is 261 g/mol. The molecule has 1 N–H and O–H groups in total. The average molecular weight is 261 g/mol. The molecule has 0 radical (unpaired) electrons. The fourth-order valence-electron chi connectivity index (χ4n) is 1.95. The Morgan fingerprint density at radius 2 is 1.95 bits per heavy atom. The second-order valence-electron chi connectivity index (χ2n) is 4.09. The fourth-order valence-corrected chi connectivity index (χ4v) is 1.95. The summed E-state index contributed by atoms with van der Waals surface area (Å²) in [6.45, 7) is 3.70. The van der Waals surface area contributed by atoms with Crippen LogP contribution in [-0.4, -0.2) is 20.8 Å². The predicted molar refractivity (Wildman–Crippen MR) is 74.6 cm³/mol. The van der Waals surface area contributed by atoms with Gasteiger partial charge in [-0.25, -0.2) is 0 Å². The van der Waals surface area contributed by atoms with Crippen LogP contribution in [0, 0.1) is 0 Å². The van der Waals surface area contributed by atoms with E-state index in [0.29, 0.717) is 11.5 Å². The lowest BCUT2D eigenvalue weighted by molar-refractivity contribution is 0.355. The lowest BCUT2D eigenvalue weighted by Gasteiger charge is -2.10. The summed E-state index contributed by atoms with van der Waals surface area (Å²) in [5.74, 6) is 3.07. The molecular weight excluding hydrogens is 242 g/mol. The van der Waals surface area contributed by atoms with Gasteiger partial charge in [0.15, 0.2) is 11.5 Å². The molecule has 2 aromatic rings. The van der Waals surface area contributed by atoms with Crippen molar-refractivity contribution in [3.63, 3.8) is 0 Å².